The lowest BCUT2D eigenvalue weighted by Crippen LogP contribution is -2.41. The summed E-state index contributed by atoms with van der Waals surface area (Å²) >= 11 is 0. The van der Waals surface area contributed by atoms with E-state index in [9.17, 15) is 13.2 Å². The van der Waals surface area contributed by atoms with Gasteiger partial charge in [-0.3, -0.25) is 0 Å². The second-order valence-electron chi connectivity index (χ2n) is 3.08. The number of hydrogen-bond donors (Lipinski definition) is 1. The molecule has 0 bridgehead atoms. The molecule has 1 aliphatic heterocycles. The molecule has 0 radical (unpaired) electrons. The smallest absolute Gasteiger partial charge is 0.220 e. The van der Waals surface area contributed by atoms with Crippen molar-refractivity contribution in [3.8, 4) is 0 Å². The van der Waals surface area contributed by atoms with Gasteiger partial charge in [0, 0.05) is 13.1 Å². The lowest BCUT2D eigenvalue weighted by Gasteiger charge is -2.27. The Kier molecular flexibility index (Phi) is 3.40. The minimum Gasteiger partial charge on any atom is -0.393 e. The summed E-state index contributed by atoms with van der Waals surface area (Å²) in [4.78, 5) is 10.1. The summed E-state index contributed by atoms with van der Waals surface area (Å²) < 4.78 is 23.9. The maximum atomic E-state index is 11.3. The molecule has 0 aromatic carbocycles. The van der Waals surface area contributed by atoms with E-state index < -0.39 is 21.9 Å². The van der Waals surface area contributed by atoms with Crippen LogP contribution in [0.4, 0.5) is 0 Å². The predicted molar refractivity (Wildman–Crippen MR) is 46.7 cm³/mol. The van der Waals surface area contributed by atoms with Gasteiger partial charge in [0.15, 0.2) is 0 Å². The van der Waals surface area contributed by atoms with Gasteiger partial charge in [-0.25, -0.2) is 12.7 Å². The molecule has 1 fully saturated rings. The van der Waals surface area contributed by atoms with Gasteiger partial charge in [0.1, 0.15) is 12.0 Å². The zero-order chi connectivity index (χ0) is 9.90. The molecule has 0 aromatic heterocycles. The summed E-state index contributed by atoms with van der Waals surface area (Å²) in [5.74, 6) is -0.455. The number of nitrogens with zero attached hydrogens (tertiary/aromatic N) is 1. The Morgan fingerprint density at radius 1 is 1.38 bits per heavy atom. The van der Waals surface area contributed by atoms with Gasteiger partial charge in [0.05, 0.1) is 6.10 Å². The Morgan fingerprint density at radius 2 is 1.92 bits per heavy atom. The number of sulfonamides is 1. The van der Waals surface area contributed by atoms with Crippen molar-refractivity contribution in [2.24, 2.45) is 0 Å². The number of carbonyl (C=O) groups excluding carboxylic acids is 1. The fraction of sp³-hybridized carbons (Fsp3) is 0.857. The first-order chi connectivity index (χ1) is 6.06. The Hall–Kier alpha value is -0.460. The zero-order valence-corrected chi connectivity index (χ0v) is 8.03. The van der Waals surface area contributed by atoms with E-state index in [-0.39, 0.29) is 0 Å². The van der Waals surface area contributed by atoms with E-state index in [1.54, 1.807) is 0 Å². The number of aliphatic hydroxyl groups excluding tert-OH is 1. The quantitative estimate of drug-likeness (QED) is 0.601. The summed E-state index contributed by atoms with van der Waals surface area (Å²) in [7, 11) is -3.40. The normalized spacial score (nSPS) is 21.6. The number of piperidine rings is 1. The van der Waals surface area contributed by atoms with E-state index in [4.69, 9.17) is 5.11 Å². The molecular weight excluding hydrogens is 194 g/mol. The molecule has 13 heavy (non-hydrogen) atoms. The van der Waals surface area contributed by atoms with Crippen molar-refractivity contribution < 1.29 is 18.3 Å². The molecule has 0 atom stereocenters. The third-order valence-corrected chi connectivity index (χ3v) is 3.80. The van der Waals surface area contributed by atoms with E-state index in [1.807, 2.05) is 0 Å². The highest BCUT2D eigenvalue weighted by Crippen LogP contribution is 2.13. The predicted octanol–water partition coefficient (Wildman–Crippen LogP) is -1.03. The lowest BCUT2D eigenvalue weighted by molar-refractivity contribution is -0.105. The fourth-order valence-electron chi connectivity index (χ4n) is 1.31. The number of aldehydes is 1. The molecule has 1 saturated heterocycles. The van der Waals surface area contributed by atoms with Gasteiger partial charge < -0.3 is 9.90 Å². The Bertz CT molecular complexity index is 266. The first-order valence-electron chi connectivity index (χ1n) is 4.16. The maximum Gasteiger partial charge on any atom is 0.220 e. The number of aliphatic hydroxyl groups is 1. The van der Waals surface area contributed by atoms with Crippen molar-refractivity contribution in [2.45, 2.75) is 18.9 Å². The van der Waals surface area contributed by atoms with Crippen molar-refractivity contribution in [3.63, 3.8) is 0 Å². The van der Waals surface area contributed by atoms with Crippen LogP contribution in [0.5, 0.6) is 0 Å². The minimum absolute atomic E-state index is 0.317. The molecule has 0 saturated carbocycles. The van der Waals surface area contributed by atoms with Crippen LogP contribution in [0.1, 0.15) is 12.8 Å². The summed E-state index contributed by atoms with van der Waals surface area (Å²) in [6, 6.07) is 0. The van der Waals surface area contributed by atoms with E-state index in [0.717, 1.165) is 0 Å². The van der Waals surface area contributed by atoms with Gasteiger partial charge in [-0.1, -0.05) is 0 Å². The lowest BCUT2D eigenvalue weighted by atomic mass is 10.1. The molecule has 0 spiro atoms. The highest BCUT2D eigenvalue weighted by Gasteiger charge is 2.26. The minimum atomic E-state index is -3.40. The molecule has 6 heteroatoms. The second-order valence-corrected chi connectivity index (χ2v) is 5.09. The van der Waals surface area contributed by atoms with E-state index in [2.05, 4.69) is 0 Å². The van der Waals surface area contributed by atoms with Crippen molar-refractivity contribution in [3.05, 3.63) is 0 Å². The highest BCUT2D eigenvalue weighted by molar-refractivity contribution is 7.89. The van der Waals surface area contributed by atoms with Crippen LogP contribution in [0.15, 0.2) is 0 Å². The zero-order valence-electron chi connectivity index (χ0n) is 7.22. The fourth-order valence-corrected chi connectivity index (χ4v) is 2.46. The third-order valence-electron chi connectivity index (χ3n) is 2.10. The summed E-state index contributed by atoms with van der Waals surface area (Å²) in [5.41, 5.74) is 0. The topological polar surface area (TPSA) is 74.7 Å². The van der Waals surface area contributed by atoms with Crippen molar-refractivity contribution in [1.82, 2.24) is 4.31 Å². The first-order valence-corrected chi connectivity index (χ1v) is 5.76. The van der Waals surface area contributed by atoms with Crippen molar-refractivity contribution >= 4 is 16.3 Å². The van der Waals surface area contributed by atoms with Gasteiger partial charge in [0.25, 0.3) is 0 Å². The van der Waals surface area contributed by atoms with Crippen molar-refractivity contribution in [1.29, 1.82) is 0 Å². The van der Waals surface area contributed by atoms with Gasteiger partial charge >= 0.3 is 0 Å². The summed E-state index contributed by atoms with van der Waals surface area (Å²) in [6.45, 7) is 0.634. The van der Waals surface area contributed by atoms with Gasteiger partial charge in [-0.2, -0.15) is 0 Å². The van der Waals surface area contributed by atoms with Crippen molar-refractivity contribution in [2.75, 3.05) is 18.8 Å². The molecule has 0 aliphatic carbocycles. The van der Waals surface area contributed by atoms with Crippen LogP contribution < -0.4 is 0 Å². The van der Waals surface area contributed by atoms with Crippen LogP contribution in [0.2, 0.25) is 0 Å². The Morgan fingerprint density at radius 3 is 2.38 bits per heavy atom. The van der Waals surface area contributed by atoms with Crippen LogP contribution in [0.25, 0.3) is 0 Å². The molecule has 1 rings (SSSR count). The first kappa shape index (κ1) is 10.6. The van der Waals surface area contributed by atoms with E-state index >= 15 is 0 Å². The van der Waals surface area contributed by atoms with Crippen LogP contribution in [0.3, 0.4) is 0 Å². The summed E-state index contributed by atoms with van der Waals surface area (Å²) in [6.07, 6.45) is 0.902. The molecule has 76 valence electrons. The van der Waals surface area contributed by atoms with Crippen LogP contribution in [-0.4, -0.2) is 49.1 Å². The molecule has 5 nitrogen and oxygen atoms in total. The standard InChI is InChI=1S/C7H13NO4S/c9-5-6-13(11,12)8-3-1-7(10)2-4-8/h5,7,10H,1-4,6H2. The maximum absolute atomic E-state index is 11.3. The molecule has 0 amide bonds. The molecular formula is C7H13NO4S. The van der Waals surface area contributed by atoms with Crippen LogP contribution in [-0.2, 0) is 14.8 Å². The van der Waals surface area contributed by atoms with Gasteiger partial charge in [-0.05, 0) is 12.8 Å². The second kappa shape index (κ2) is 4.17. The molecule has 0 unspecified atom stereocenters. The monoisotopic (exact) mass is 207 g/mol. The number of rotatable bonds is 3. The largest absolute Gasteiger partial charge is 0.393 e. The average Bonchev–Trinajstić information content (AvgIpc) is 2.05. The molecule has 0 aromatic rings. The molecule has 1 N–H and O–H groups in total. The van der Waals surface area contributed by atoms with Crippen LogP contribution >= 0.6 is 0 Å². The van der Waals surface area contributed by atoms with Crippen LogP contribution in [0, 0.1) is 0 Å². The van der Waals surface area contributed by atoms with E-state index in [1.165, 1.54) is 4.31 Å². The molecule has 1 aliphatic rings. The Labute approximate surface area is 77.4 Å². The molecule has 1 heterocycles. The Balaban J connectivity index is 2.58. The van der Waals surface area contributed by atoms with E-state index in [0.29, 0.717) is 32.2 Å². The highest BCUT2D eigenvalue weighted by atomic mass is 32.2. The van der Waals surface area contributed by atoms with Gasteiger partial charge in [0.2, 0.25) is 10.0 Å². The average molecular weight is 207 g/mol. The summed E-state index contributed by atoms with van der Waals surface area (Å²) in [5, 5.41) is 9.13. The number of hydrogen-bond acceptors (Lipinski definition) is 4. The SMILES string of the molecule is O=CCS(=O)(=O)N1CCC(O)CC1. The van der Waals surface area contributed by atoms with Gasteiger partial charge in [-0.15, -0.1) is 0 Å². The number of carbonyl (C=O) groups is 1. The third kappa shape index (κ3) is 2.75.